The summed E-state index contributed by atoms with van der Waals surface area (Å²) in [6.45, 7) is 6.20. The van der Waals surface area contributed by atoms with Crippen molar-refractivity contribution in [1.29, 1.82) is 0 Å². The molecule has 5 nitrogen and oxygen atoms in total. The van der Waals surface area contributed by atoms with E-state index in [-0.39, 0.29) is 24.2 Å². The molecule has 3 atom stereocenters. The molecule has 17 heavy (non-hydrogen) atoms. The molecule has 3 unspecified atom stereocenters. The fourth-order valence-corrected chi connectivity index (χ4v) is 1.48. The topological polar surface area (TPSA) is 92.4 Å². The standard InChI is InChI=1S/C12H24N2O3/c1-4-8(3)11(13)12(17)14-7-9(5-2)6-10(15)16/h8-9,11H,4-7,13H2,1-3H3,(H,14,17)(H,15,16). The van der Waals surface area contributed by atoms with Gasteiger partial charge in [0.2, 0.25) is 5.91 Å². The first kappa shape index (κ1) is 15.9. The molecule has 0 aliphatic carbocycles. The van der Waals surface area contributed by atoms with Gasteiger partial charge in [0.1, 0.15) is 0 Å². The highest BCUT2D eigenvalue weighted by molar-refractivity contribution is 5.81. The van der Waals surface area contributed by atoms with Gasteiger partial charge in [0.25, 0.3) is 0 Å². The molecule has 0 aromatic heterocycles. The Bertz CT molecular complexity index is 256. The monoisotopic (exact) mass is 244 g/mol. The van der Waals surface area contributed by atoms with Gasteiger partial charge in [-0.15, -0.1) is 0 Å². The van der Waals surface area contributed by atoms with Gasteiger partial charge >= 0.3 is 5.97 Å². The van der Waals surface area contributed by atoms with Gasteiger partial charge in [0.15, 0.2) is 0 Å². The van der Waals surface area contributed by atoms with Gasteiger partial charge in [-0.25, -0.2) is 0 Å². The van der Waals surface area contributed by atoms with E-state index in [4.69, 9.17) is 10.8 Å². The molecule has 0 aromatic rings. The van der Waals surface area contributed by atoms with Crippen molar-refractivity contribution in [2.75, 3.05) is 6.54 Å². The highest BCUT2D eigenvalue weighted by Crippen LogP contribution is 2.08. The van der Waals surface area contributed by atoms with Crippen LogP contribution in [-0.2, 0) is 9.59 Å². The van der Waals surface area contributed by atoms with Crippen LogP contribution in [0.3, 0.4) is 0 Å². The van der Waals surface area contributed by atoms with E-state index in [1.165, 1.54) is 0 Å². The van der Waals surface area contributed by atoms with E-state index < -0.39 is 12.0 Å². The molecule has 0 saturated heterocycles. The van der Waals surface area contributed by atoms with Gasteiger partial charge in [-0.05, 0) is 11.8 Å². The van der Waals surface area contributed by atoms with Crippen LogP contribution < -0.4 is 11.1 Å². The number of hydrogen-bond acceptors (Lipinski definition) is 3. The zero-order valence-corrected chi connectivity index (χ0v) is 10.9. The number of carboxylic acids is 1. The van der Waals surface area contributed by atoms with Crippen molar-refractivity contribution in [3.8, 4) is 0 Å². The second-order valence-corrected chi connectivity index (χ2v) is 4.53. The number of carboxylic acid groups (broad SMARTS) is 1. The molecule has 5 heteroatoms. The maximum atomic E-state index is 11.7. The summed E-state index contributed by atoms with van der Waals surface area (Å²) >= 11 is 0. The van der Waals surface area contributed by atoms with Crippen LogP contribution in [0.15, 0.2) is 0 Å². The Morgan fingerprint density at radius 2 is 1.88 bits per heavy atom. The third kappa shape index (κ3) is 6.26. The smallest absolute Gasteiger partial charge is 0.303 e. The molecule has 100 valence electrons. The number of nitrogens with two attached hydrogens (primary N) is 1. The minimum atomic E-state index is -0.836. The van der Waals surface area contributed by atoms with Crippen LogP contribution >= 0.6 is 0 Å². The lowest BCUT2D eigenvalue weighted by atomic mass is 9.98. The molecule has 0 spiro atoms. The van der Waals surface area contributed by atoms with Crippen LogP contribution in [-0.4, -0.2) is 29.6 Å². The molecule has 0 aliphatic rings. The molecule has 4 N–H and O–H groups in total. The number of amides is 1. The number of rotatable bonds is 8. The molecule has 0 bridgehead atoms. The van der Waals surface area contributed by atoms with E-state index >= 15 is 0 Å². The molecular weight excluding hydrogens is 220 g/mol. The van der Waals surface area contributed by atoms with E-state index in [2.05, 4.69) is 5.32 Å². The van der Waals surface area contributed by atoms with Gasteiger partial charge in [-0.3, -0.25) is 9.59 Å². The van der Waals surface area contributed by atoms with E-state index in [0.717, 1.165) is 12.8 Å². The normalized spacial score (nSPS) is 16.0. The van der Waals surface area contributed by atoms with Gasteiger partial charge in [-0.1, -0.05) is 33.6 Å². The summed E-state index contributed by atoms with van der Waals surface area (Å²) in [5.41, 5.74) is 5.77. The van der Waals surface area contributed by atoms with Crippen molar-refractivity contribution in [2.45, 2.75) is 46.1 Å². The molecule has 0 aromatic carbocycles. The van der Waals surface area contributed by atoms with Crippen molar-refractivity contribution in [1.82, 2.24) is 5.32 Å². The maximum absolute atomic E-state index is 11.7. The van der Waals surface area contributed by atoms with Crippen LogP contribution in [0.2, 0.25) is 0 Å². The predicted molar refractivity (Wildman–Crippen MR) is 66.5 cm³/mol. The summed E-state index contributed by atoms with van der Waals surface area (Å²) in [6, 6.07) is -0.512. The average Bonchev–Trinajstić information content (AvgIpc) is 2.31. The lowest BCUT2D eigenvalue weighted by molar-refractivity contribution is -0.138. The molecule has 0 heterocycles. The maximum Gasteiger partial charge on any atom is 0.303 e. The highest BCUT2D eigenvalue weighted by atomic mass is 16.4. The Hall–Kier alpha value is -1.10. The summed E-state index contributed by atoms with van der Waals surface area (Å²) in [4.78, 5) is 22.2. The Morgan fingerprint density at radius 1 is 1.29 bits per heavy atom. The van der Waals surface area contributed by atoms with Gasteiger partial charge in [0, 0.05) is 13.0 Å². The molecule has 1 amide bonds. The molecular formula is C12H24N2O3. The van der Waals surface area contributed by atoms with Crippen LogP contribution in [0.25, 0.3) is 0 Å². The highest BCUT2D eigenvalue weighted by Gasteiger charge is 2.20. The largest absolute Gasteiger partial charge is 0.481 e. The first-order valence-corrected chi connectivity index (χ1v) is 6.17. The number of nitrogens with one attached hydrogen (secondary N) is 1. The van der Waals surface area contributed by atoms with Crippen LogP contribution in [0.1, 0.15) is 40.0 Å². The number of carbonyl (C=O) groups is 2. The quantitative estimate of drug-likeness (QED) is 0.593. The lowest BCUT2D eigenvalue weighted by Gasteiger charge is -2.19. The van der Waals surface area contributed by atoms with Crippen LogP contribution in [0, 0.1) is 11.8 Å². The van der Waals surface area contributed by atoms with Crippen LogP contribution in [0.4, 0.5) is 0 Å². The summed E-state index contributed by atoms with van der Waals surface area (Å²) in [7, 11) is 0. The zero-order chi connectivity index (χ0) is 13.4. The molecule has 0 rings (SSSR count). The Labute approximate surface area is 103 Å². The fourth-order valence-electron chi connectivity index (χ4n) is 1.48. The van der Waals surface area contributed by atoms with E-state index in [1.807, 2.05) is 20.8 Å². The summed E-state index contributed by atoms with van der Waals surface area (Å²) in [5, 5.41) is 11.4. The second-order valence-electron chi connectivity index (χ2n) is 4.53. The van der Waals surface area contributed by atoms with E-state index in [1.54, 1.807) is 0 Å². The summed E-state index contributed by atoms with van der Waals surface area (Å²) < 4.78 is 0. The number of hydrogen-bond donors (Lipinski definition) is 3. The van der Waals surface area contributed by atoms with Gasteiger partial charge in [-0.2, -0.15) is 0 Å². The third-order valence-electron chi connectivity index (χ3n) is 3.17. The van der Waals surface area contributed by atoms with Crippen molar-refractivity contribution in [2.24, 2.45) is 17.6 Å². The fraction of sp³-hybridized carbons (Fsp3) is 0.833. The third-order valence-corrected chi connectivity index (χ3v) is 3.17. The lowest BCUT2D eigenvalue weighted by Crippen LogP contribution is -2.46. The number of carbonyl (C=O) groups excluding carboxylic acids is 1. The van der Waals surface area contributed by atoms with Crippen molar-refractivity contribution in [3.05, 3.63) is 0 Å². The Morgan fingerprint density at radius 3 is 2.29 bits per heavy atom. The Kier molecular flexibility index (Phi) is 7.54. The van der Waals surface area contributed by atoms with Crippen molar-refractivity contribution >= 4 is 11.9 Å². The van der Waals surface area contributed by atoms with Gasteiger partial charge < -0.3 is 16.2 Å². The van der Waals surface area contributed by atoms with Gasteiger partial charge in [0.05, 0.1) is 6.04 Å². The van der Waals surface area contributed by atoms with Crippen LogP contribution in [0.5, 0.6) is 0 Å². The second kappa shape index (κ2) is 8.06. The summed E-state index contributed by atoms with van der Waals surface area (Å²) in [5.74, 6) is -0.921. The zero-order valence-electron chi connectivity index (χ0n) is 10.9. The Balaban J connectivity index is 4.08. The summed E-state index contributed by atoms with van der Waals surface area (Å²) in [6.07, 6.45) is 1.65. The van der Waals surface area contributed by atoms with Crippen molar-refractivity contribution < 1.29 is 14.7 Å². The molecule has 0 aliphatic heterocycles. The van der Waals surface area contributed by atoms with E-state index in [9.17, 15) is 9.59 Å². The molecule has 0 radical (unpaired) electrons. The van der Waals surface area contributed by atoms with Crippen molar-refractivity contribution in [3.63, 3.8) is 0 Å². The first-order valence-electron chi connectivity index (χ1n) is 6.17. The SMILES string of the molecule is CCC(CNC(=O)C(N)C(C)CC)CC(=O)O. The molecule has 0 fully saturated rings. The average molecular weight is 244 g/mol. The minimum Gasteiger partial charge on any atom is -0.481 e. The molecule has 0 saturated carbocycles. The minimum absolute atomic E-state index is 0.0272. The predicted octanol–water partition coefficient (Wildman–Crippen LogP) is 0.977. The first-order chi connectivity index (χ1) is 7.92. The van der Waals surface area contributed by atoms with E-state index in [0.29, 0.717) is 6.54 Å². The number of aliphatic carboxylic acids is 1.